The third kappa shape index (κ3) is 4.08. The number of benzene rings is 1. The van der Waals surface area contributed by atoms with E-state index in [1.807, 2.05) is 60.8 Å². The molecule has 0 saturated carbocycles. The van der Waals surface area contributed by atoms with E-state index >= 15 is 0 Å². The van der Waals surface area contributed by atoms with Crippen LogP contribution >= 0.6 is 0 Å². The van der Waals surface area contributed by atoms with Gasteiger partial charge in [-0.25, -0.2) is 4.98 Å². The summed E-state index contributed by atoms with van der Waals surface area (Å²) >= 11 is 0. The number of amides is 1. The van der Waals surface area contributed by atoms with Crippen molar-refractivity contribution in [2.24, 2.45) is 13.0 Å². The van der Waals surface area contributed by atoms with Crippen LogP contribution in [0, 0.1) is 19.8 Å². The summed E-state index contributed by atoms with van der Waals surface area (Å²) in [4.78, 5) is 19.9. The molecule has 3 aromatic rings. The van der Waals surface area contributed by atoms with Gasteiger partial charge in [-0.2, -0.15) is 5.10 Å². The molecule has 0 aliphatic heterocycles. The molecular formula is C24H28N4O2. The molecule has 0 radical (unpaired) electrons. The summed E-state index contributed by atoms with van der Waals surface area (Å²) in [7, 11) is 1.94. The first kappa shape index (κ1) is 20.1. The van der Waals surface area contributed by atoms with Gasteiger partial charge in [0.25, 0.3) is 5.91 Å². The number of oxazole rings is 1. The summed E-state index contributed by atoms with van der Waals surface area (Å²) in [5, 5.41) is 4.53. The van der Waals surface area contributed by atoms with Crippen LogP contribution in [0.25, 0.3) is 11.3 Å². The van der Waals surface area contributed by atoms with E-state index in [4.69, 9.17) is 4.42 Å². The van der Waals surface area contributed by atoms with Crippen LogP contribution in [-0.4, -0.2) is 32.1 Å². The van der Waals surface area contributed by atoms with Crippen LogP contribution in [0.3, 0.4) is 0 Å². The minimum atomic E-state index is -0.0974. The van der Waals surface area contributed by atoms with Gasteiger partial charge >= 0.3 is 0 Å². The first-order valence-electron chi connectivity index (χ1n) is 10.5. The molecule has 0 N–H and O–H groups in total. The molecule has 1 aliphatic carbocycles. The molecule has 4 rings (SSSR count). The summed E-state index contributed by atoms with van der Waals surface area (Å²) in [6.45, 7) is 5.26. The largest absolute Gasteiger partial charge is 0.443 e. The van der Waals surface area contributed by atoms with Gasteiger partial charge < -0.3 is 9.32 Å². The highest BCUT2D eigenvalue weighted by Gasteiger charge is 2.27. The fourth-order valence-electron chi connectivity index (χ4n) is 4.13. The lowest BCUT2D eigenvalue weighted by Gasteiger charge is -2.28. The predicted molar refractivity (Wildman–Crippen MR) is 116 cm³/mol. The third-order valence-corrected chi connectivity index (χ3v) is 5.96. The van der Waals surface area contributed by atoms with Gasteiger partial charge in [0.2, 0.25) is 0 Å². The highest BCUT2D eigenvalue weighted by molar-refractivity contribution is 5.97. The Kier molecular flexibility index (Phi) is 5.84. The van der Waals surface area contributed by atoms with Gasteiger partial charge in [0, 0.05) is 37.0 Å². The highest BCUT2D eigenvalue weighted by atomic mass is 16.3. The number of aromatic nitrogens is 3. The number of carbonyl (C=O) groups is 1. The molecule has 156 valence electrons. The van der Waals surface area contributed by atoms with Gasteiger partial charge in [-0.3, -0.25) is 9.48 Å². The molecule has 1 aromatic carbocycles. The summed E-state index contributed by atoms with van der Waals surface area (Å²) < 4.78 is 7.50. The Morgan fingerprint density at radius 3 is 2.70 bits per heavy atom. The average Bonchev–Trinajstić information content (AvgIpc) is 3.35. The lowest BCUT2D eigenvalue weighted by molar-refractivity contribution is 0.0704. The van der Waals surface area contributed by atoms with Gasteiger partial charge in [-0.05, 0) is 39.0 Å². The number of hydrogen-bond donors (Lipinski definition) is 0. The Morgan fingerprint density at radius 1 is 1.23 bits per heavy atom. The van der Waals surface area contributed by atoms with Crippen molar-refractivity contribution in [2.75, 3.05) is 6.54 Å². The number of carbonyl (C=O) groups excluding carboxylic acids is 1. The minimum Gasteiger partial charge on any atom is -0.443 e. The van der Waals surface area contributed by atoms with Crippen molar-refractivity contribution in [1.29, 1.82) is 0 Å². The topological polar surface area (TPSA) is 64.2 Å². The van der Waals surface area contributed by atoms with E-state index in [0.29, 0.717) is 30.5 Å². The summed E-state index contributed by atoms with van der Waals surface area (Å²) in [6.07, 6.45) is 8.97. The van der Waals surface area contributed by atoms with Crippen LogP contribution in [0.5, 0.6) is 0 Å². The molecule has 6 heteroatoms. The van der Waals surface area contributed by atoms with Crippen LogP contribution in [0.2, 0.25) is 0 Å². The van der Waals surface area contributed by atoms with Crippen LogP contribution in [0.4, 0.5) is 0 Å². The van der Waals surface area contributed by atoms with Crippen LogP contribution in [0.1, 0.15) is 46.7 Å². The quantitative estimate of drug-likeness (QED) is 0.559. The van der Waals surface area contributed by atoms with E-state index in [1.54, 1.807) is 0 Å². The standard InChI is InChI=1S/C24H28N4O2/c1-17-21(18(2)27(3)26-17)15-28(14-19-10-6-4-7-11-19)24(29)22-23(30-16-25-22)20-12-8-5-9-13-20/h4-6,8-9,12-13,16,19H,7,10-11,14-15H2,1-3H3/t19-/m0/s1. The van der Waals surface area contributed by atoms with Crippen molar-refractivity contribution in [3.63, 3.8) is 0 Å². The zero-order valence-corrected chi connectivity index (χ0v) is 17.8. The number of rotatable bonds is 6. The molecule has 2 aromatic heterocycles. The smallest absolute Gasteiger partial charge is 0.276 e. The van der Waals surface area contributed by atoms with E-state index < -0.39 is 0 Å². The molecule has 2 heterocycles. The molecule has 0 bridgehead atoms. The lowest BCUT2D eigenvalue weighted by atomic mass is 9.93. The fourth-order valence-corrected chi connectivity index (χ4v) is 4.13. The Hall–Kier alpha value is -3.15. The third-order valence-electron chi connectivity index (χ3n) is 5.96. The SMILES string of the molecule is Cc1nn(C)c(C)c1CN(C[C@H]1CC=CCC1)C(=O)c1ncoc1-c1ccccc1. The first-order chi connectivity index (χ1) is 14.5. The minimum absolute atomic E-state index is 0.0974. The monoisotopic (exact) mass is 404 g/mol. The maximum Gasteiger partial charge on any atom is 0.276 e. The zero-order valence-electron chi connectivity index (χ0n) is 17.8. The second-order valence-corrected chi connectivity index (χ2v) is 8.01. The van der Waals surface area contributed by atoms with Crippen molar-refractivity contribution in [3.05, 3.63) is 71.5 Å². The normalized spacial score (nSPS) is 16.0. The van der Waals surface area contributed by atoms with Gasteiger partial charge in [-0.1, -0.05) is 42.5 Å². The summed E-state index contributed by atoms with van der Waals surface area (Å²) in [5.74, 6) is 0.872. The molecule has 0 saturated heterocycles. The van der Waals surface area contributed by atoms with E-state index in [-0.39, 0.29) is 5.91 Å². The molecule has 1 aliphatic rings. The lowest BCUT2D eigenvalue weighted by Crippen LogP contribution is -2.36. The maximum atomic E-state index is 13.7. The van der Waals surface area contributed by atoms with Crippen LogP contribution in [-0.2, 0) is 13.6 Å². The highest BCUT2D eigenvalue weighted by Crippen LogP contribution is 2.27. The van der Waals surface area contributed by atoms with Crippen molar-refractivity contribution in [3.8, 4) is 11.3 Å². The fraction of sp³-hybridized carbons (Fsp3) is 0.375. The zero-order chi connectivity index (χ0) is 21.1. The van der Waals surface area contributed by atoms with Gasteiger partial charge in [-0.15, -0.1) is 0 Å². The Balaban J connectivity index is 1.66. The second kappa shape index (κ2) is 8.69. The van der Waals surface area contributed by atoms with Crippen molar-refractivity contribution < 1.29 is 9.21 Å². The van der Waals surface area contributed by atoms with Crippen molar-refractivity contribution in [2.45, 2.75) is 39.7 Å². The average molecular weight is 405 g/mol. The molecular weight excluding hydrogens is 376 g/mol. The van der Waals surface area contributed by atoms with Crippen molar-refractivity contribution >= 4 is 5.91 Å². The predicted octanol–water partition coefficient (Wildman–Crippen LogP) is 4.69. The van der Waals surface area contributed by atoms with Gasteiger partial charge in [0.05, 0.1) is 5.69 Å². The maximum absolute atomic E-state index is 13.7. The van der Waals surface area contributed by atoms with E-state index in [2.05, 4.69) is 22.2 Å². The second-order valence-electron chi connectivity index (χ2n) is 8.01. The summed E-state index contributed by atoms with van der Waals surface area (Å²) in [5.41, 5.74) is 4.36. The van der Waals surface area contributed by atoms with E-state index in [9.17, 15) is 4.79 Å². The Labute approximate surface area is 177 Å². The molecule has 30 heavy (non-hydrogen) atoms. The van der Waals surface area contributed by atoms with Gasteiger partial charge in [0.1, 0.15) is 0 Å². The number of allylic oxidation sites excluding steroid dienone is 2. The molecule has 1 atom stereocenters. The number of aryl methyl sites for hydroxylation is 2. The number of nitrogens with zero attached hydrogens (tertiary/aromatic N) is 4. The molecule has 0 fully saturated rings. The molecule has 1 amide bonds. The first-order valence-corrected chi connectivity index (χ1v) is 10.5. The molecule has 0 unspecified atom stereocenters. The van der Waals surface area contributed by atoms with Crippen LogP contribution in [0.15, 0.2) is 53.3 Å². The van der Waals surface area contributed by atoms with E-state index in [0.717, 1.165) is 41.8 Å². The van der Waals surface area contributed by atoms with Crippen molar-refractivity contribution in [1.82, 2.24) is 19.7 Å². The van der Waals surface area contributed by atoms with Crippen LogP contribution < -0.4 is 0 Å². The number of hydrogen-bond acceptors (Lipinski definition) is 4. The van der Waals surface area contributed by atoms with Gasteiger partial charge in [0.15, 0.2) is 17.8 Å². The Bertz CT molecular complexity index is 1050. The molecule has 0 spiro atoms. The molecule has 6 nitrogen and oxygen atoms in total. The summed E-state index contributed by atoms with van der Waals surface area (Å²) in [6, 6.07) is 9.67. The Morgan fingerprint density at radius 2 is 2.03 bits per heavy atom. The van der Waals surface area contributed by atoms with E-state index in [1.165, 1.54) is 6.39 Å².